The molecule has 0 amide bonds. The fraction of sp³-hybridized carbons (Fsp3) is 0.750. The quantitative estimate of drug-likeness (QED) is 0.571. The third-order valence-electron chi connectivity index (χ3n) is 2.30. The molecule has 1 heterocycles. The molecule has 3 atom stereocenters. The molecule has 0 bridgehead atoms. The molecule has 0 saturated carbocycles. The molecule has 6 nitrogen and oxygen atoms in total. The molecule has 0 aromatic carbocycles. The fourth-order valence-corrected chi connectivity index (χ4v) is 1.61. The van der Waals surface area contributed by atoms with E-state index < -0.39 is 30.1 Å². The number of ether oxygens (including phenoxy) is 1. The number of aliphatic carboxylic acids is 2. The summed E-state index contributed by atoms with van der Waals surface area (Å²) in [7, 11) is 0. The van der Waals surface area contributed by atoms with Crippen LogP contribution in [0.15, 0.2) is 0 Å². The van der Waals surface area contributed by atoms with Crippen LogP contribution in [0.25, 0.3) is 0 Å². The molecule has 0 radical (unpaired) electrons. The van der Waals surface area contributed by atoms with E-state index in [0.717, 1.165) is 0 Å². The van der Waals surface area contributed by atoms with Gasteiger partial charge in [-0.15, -0.1) is 0 Å². The lowest BCUT2D eigenvalue weighted by atomic mass is 9.89. The number of carboxylic acids is 2. The van der Waals surface area contributed by atoms with Gasteiger partial charge in [0.25, 0.3) is 0 Å². The molecule has 0 aliphatic carbocycles. The van der Waals surface area contributed by atoms with Crippen LogP contribution in [0.1, 0.15) is 12.8 Å². The van der Waals surface area contributed by atoms with Gasteiger partial charge in [-0.2, -0.15) is 0 Å². The second kappa shape index (κ2) is 4.39. The molecule has 1 rings (SSSR count). The van der Waals surface area contributed by atoms with Crippen LogP contribution in [0, 0.1) is 11.8 Å². The van der Waals surface area contributed by atoms with Gasteiger partial charge in [-0.1, -0.05) is 0 Å². The van der Waals surface area contributed by atoms with Crippen molar-refractivity contribution in [2.75, 3.05) is 6.61 Å². The second-order valence-electron chi connectivity index (χ2n) is 3.34. The van der Waals surface area contributed by atoms with Crippen LogP contribution >= 0.6 is 0 Å². The Morgan fingerprint density at radius 3 is 2.29 bits per heavy atom. The van der Waals surface area contributed by atoms with Crippen LogP contribution in [0.3, 0.4) is 0 Å². The standard InChI is InChI=1S/C8H12O6/c9-6(10)1-4-3-14-8(13)5(4)2-7(11)12/h4-5,8,13H,1-3H2,(H,9,10)(H,11,12). The van der Waals surface area contributed by atoms with Crippen LogP contribution in [-0.4, -0.2) is 40.2 Å². The predicted molar refractivity (Wildman–Crippen MR) is 43.4 cm³/mol. The van der Waals surface area contributed by atoms with E-state index in [1.165, 1.54) is 0 Å². The van der Waals surface area contributed by atoms with Gasteiger partial charge < -0.3 is 20.1 Å². The van der Waals surface area contributed by atoms with Gasteiger partial charge in [0, 0.05) is 11.8 Å². The highest BCUT2D eigenvalue weighted by Gasteiger charge is 2.38. The molecular weight excluding hydrogens is 192 g/mol. The van der Waals surface area contributed by atoms with E-state index in [1.807, 2.05) is 0 Å². The van der Waals surface area contributed by atoms with Gasteiger partial charge in [-0.25, -0.2) is 0 Å². The molecule has 1 aliphatic rings. The lowest BCUT2D eigenvalue weighted by molar-refractivity contribution is -0.144. The zero-order chi connectivity index (χ0) is 10.7. The van der Waals surface area contributed by atoms with E-state index >= 15 is 0 Å². The Kier molecular flexibility index (Phi) is 3.43. The van der Waals surface area contributed by atoms with Crippen molar-refractivity contribution in [2.45, 2.75) is 19.1 Å². The average molecular weight is 204 g/mol. The summed E-state index contributed by atoms with van der Waals surface area (Å²) in [5, 5.41) is 26.3. The maximum absolute atomic E-state index is 10.4. The number of hydrogen-bond acceptors (Lipinski definition) is 4. The van der Waals surface area contributed by atoms with Crippen molar-refractivity contribution in [1.29, 1.82) is 0 Å². The van der Waals surface area contributed by atoms with Gasteiger partial charge >= 0.3 is 11.9 Å². The summed E-state index contributed by atoms with van der Waals surface area (Å²) in [5.41, 5.74) is 0. The lowest BCUT2D eigenvalue weighted by Gasteiger charge is -2.15. The summed E-state index contributed by atoms with van der Waals surface area (Å²) < 4.78 is 4.81. The highest BCUT2D eigenvalue weighted by atomic mass is 16.6. The number of rotatable bonds is 4. The Bertz CT molecular complexity index is 238. The minimum Gasteiger partial charge on any atom is -0.481 e. The maximum atomic E-state index is 10.4. The van der Waals surface area contributed by atoms with Gasteiger partial charge in [-0.3, -0.25) is 9.59 Å². The number of carbonyl (C=O) groups is 2. The van der Waals surface area contributed by atoms with Crippen molar-refractivity contribution in [3.8, 4) is 0 Å². The summed E-state index contributed by atoms with van der Waals surface area (Å²) in [5.74, 6) is -3.11. The Labute approximate surface area is 80.1 Å². The third-order valence-corrected chi connectivity index (χ3v) is 2.30. The monoisotopic (exact) mass is 204 g/mol. The fourth-order valence-electron chi connectivity index (χ4n) is 1.61. The molecular formula is C8H12O6. The van der Waals surface area contributed by atoms with Gasteiger partial charge in [-0.05, 0) is 0 Å². The molecule has 0 spiro atoms. The molecule has 6 heteroatoms. The van der Waals surface area contributed by atoms with E-state index in [4.69, 9.17) is 14.9 Å². The topological polar surface area (TPSA) is 104 Å². The number of aliphatic hydroxyl groups excluding tert-OH is 1. The van der Waals surface area contributed by atoms with Crippen molar-refractivity contribution < 1.29 is 29.6 Å². The number of carboxylic acid groups (broad SMARTS) is 2. The van der Waals surface area contributed by atoms with Crippen LogP contribution in [0.5, 0.6) is 0 Å². The Hall–Kier alpha value is -1.14. The van der Waals surface area contributed by atoms with Gasteiger partial charge in [0.2, 0.25) is 0 Å². The van der Waals surface area contributed by atoms with Gasteiger partial charge in [0.05, 0.1) is 19.4 Å². The largest absolute Gasteiger partial charge is 0.481 e. The molecule has 1 fully saturated rings. The van der Waals surface area contributed by atoms with Crippen LogP contribution in [0.2, 0.25) is 0 Å². The first-order chi connectivity index (χ1) is 6.50. The van der Waals surface area contributed by atoms with Crippen molar-refractivity contribution >= 4 is 11.9 Å². The van der Waals surface area contributed by atoms with E-state index in [9.17, 15) is 14.7 Å². The summed E-state index contributed by atoms with van der Waals surface area (Å²) in [4.78, 5) is 20.8. The van der Waals surface area contributed by atoms with Crippen LogP contribution in [0.4, 0.5) is 0 Å². The highest BCUT2D eigenvalue weighted by molar-refractivity contribution is 5.69. The minimum absolute atomic E-state index is 0.103. The summed E-state index contributed by atoms with van der Waals surface area (Å²) in [6, 6.07) is 0. The third kappa shape index (κ3) is 2.68. The lowest BCUT2D eigenvalue weighted by Crippen LogP contribution is -2.24. The Morgan fingerprint density at radius 2 is 1.79 bits per heavy atom. The molecule has 80 valence electrons. The summed E-state index contributed by atoms with van der Waals surface area (Å²) in [6.45, 7) is 0.103. The molecule has 14 heavy (non-hydrogen) atoms. The summed E-state index contributed by atoms with van der Waals surface area (Å²) >= 11 is 0. The first-order valence-electron chi connectivity index (χ1n) is 4.24. The van der Waals surface area contributed by atoms with Crippen molar-refractivity contribution in [1.82, 2.24) is 0 Å². The number of hydrogen-bond donors (Lipinski definition) is 3. The van der Waals surface area contributed by atoms with Gasteiger partial charge in [0.15, 0.2) is 6.29 Å². The zero-order valence-corrected chi connectivity index (χ0v) is 7.42. The second-order valence-corrected chi connectivity index (χ2v) is 3.34. The number of aliphatic hydroxyl groups is 1. The first-order valence-corrected chi connectivity index (χ1v) is 4.24. The average Bonchev–Trinajstić information content (AvgIpc) is 2.34. The molecule has 0 aromatic rings. The molecule has 3 N–H and O–H groups in total. The maximum Gasteiger partial charge on any atom is 0.303 e. The molecule has 1 saturated heterocycles. The van der Waals surface area contributed by atoms with E-state index in [2.05, 4.69) is 0 Å². The van der Waals surface area contributed by atoms with Crippen molar-refractivity contribution in [2.24, 2.45) is 11.8 Å². The normalized spacial score (nSPS) is 31.6. The highest BCUT2D eigenvalue weighted by Crippen LogP contribution is 2.30. The summed E-state index contributed by atoms with van der Waals surface area (Å²) in [6.07, 6.45) is -1.59. The SMILES string of the molecule is O=C(O)CC1COC(O)C1CC(=O)O. The zero-order valence-electron chi connectivity index (χ0n) is 7.42. The molecule has 1 aliphatic heterocycles. The van der Waals surface area contributed by atoms with E-state index in [-0.39, 0.29) is 19.4 Å². The minimum atomic E-state index is -1.16. The van der Waals surface area contributed by atoms with Crippen LogP contribution in [-0.2, 0) is 14.3 Å². The Balaban J connectivity index is 2.56. The van der Waals surface area contributed by atoms with E-state index in [1.54, 1.807) is 0 Å². The van der Waals surface area contributed by atoms with Crippen molar-refractivity contribution in [3.63, 3.8) is 0 Å². The smallest absolute Gasteiger partial charge is 0.303 e. The Morgan fingerprint density at radius 1 is 1.21 bits per heavy atom. The van der Waals surface area contributed by atoms with Gasteiger partial charge in [0.1, 0.15) is 0 Å². The van der Waals surface area contributed by atoms with Crippen LogP contribution < -0.4 is 0 Å². The first kappa shape index (κ1) is 10.9. The molecule has 3 unspecified atom stereocenters. The van der Waals surface area contributed by atoms with Crippen molar-refractivity contribution in [3.05, 3.63) is 0 Å². The van der Waals surface area contributed by atoms with E-state index in [0.29, 0.717) is 0 Å². The molecule has 0 aromatic heterocycles. The predicted octanol–water partition coefficient (Wildman–Crippen LogP) is -0.483.